The molecule has 2 rings (SSSR count). The second-order valence-corrected chi connectivity index (χ2v) is 7.22. The summed E-state index contributed by atoms with van der Waals surface area (Å²) in [6, 6.07) is 4.82. The number of hydrogen-bond acceptors (Lipinski definition) is 5. The zero-order valence-electron chi connectivity index (χ0n) is 14.9. The summed E-state index contributed by atoms with van der Waals surface area (Å²) in [7, 11) is 1.49. The zero-order chi connectivity index (χ0) is 20.0. The number of hydrogen-bond donors (Lipinski definition) is 3. The van der Waals surface area contributed by atoms with Crippen LogP contribution in [0.4, 0.5) is 13.2 Å². The van der Waals surface area contributed by atoms with E-state index in [4.69, 9.17) is 4.74 Å². The third kappa shape index (κ3) is 6.71. The van der Waals surface area contributed by atoms with Gasteiger partial charge in [0.2, 0.25) is 11.8 Å². The Labute approximate surface area is 159 Å². The first-order chi connectivity index (χ1) is 12.7. The van der Waals surface area contributed by atoms with Crippen molar-refractivity contribution in [1.82, 2.24) is 16.0 Å². The highest BCUT2D eigenvalue weighted by atomic mass is 32.2. The van der Waals surface area contributed by atoms with Crippen molar-refractivity contribution in [3.05, 3.63) is 29.8 Å². The Kier molecular flexibility index (Phi) is 7.51. The lowest BCUT2D eigenvalue weighted by Crippen LogP contribution is -2.62. The van der Waals surface area contributed by atoms with E-state index in [1.54, 1.807) is 12.1 Å². The third-order valence-electron chi connectivity index (χ3n) is 4.02. The van der Waals surface area contributed by atoms with Gasteiger partial charge in [0.1, 0.15) is 6.17 Å². The number of carbonyl (C=O) groups is 2. The second-order valence-electron chi connectivity index (χ2n) is 6.09. The van der Waals surface area contributed by atoms with E-state index in [1.807, 2.05) is 6.92 Å². The molecule has 1 aliphatic heterocycles. The lowest BCUT2D eigenvalue weighted by Gasteiger charge is -2.31. The molecule has 1 heterocycles. The average Bonchev–Trinajstić information content (AvgIpc) is 2.58. The number of rotatable bonds is 7. The molecular formula is C17H22F3N3O3S. The van der Waals surface area contributed by atoms with Gasteiger partial charge >= 0.3 is 5.51 Å². The Hall–Kier alpha value is -1.78. The summed E-state index contributed by atoms with van der Waals surface area (Å²) >= 11 is -0.183. The Morgan fingerprint density at radius 2 is 2.04 bits per heavy atom. The molecular weight excluding hydrogens is 383 g/mol. The van der Waals surface area contributed by atoms with Crippen molar-refractivity contribution in [2.45, 2.75) is 48.4 Å². The van der Waals surface area contributed by atoms with Gasteiger partial charge in [0.05, 0.1) is 25.1 Å². The molecule has 1 fully saturated rings. The minimum absolute atomic E-state index is 0.00361. The highest BCUT2D eigenvalue weighted by molar-refractivity contribution is 8.00. The third-order valence-corrected chi connectivity index (χ3v) is 4.76. The zero-order valence-corrected chi connectivity index (χ0v) is 15.7. The minimum Gasteiger partial charge on any atom is -0.381 e. The molecule has 0 spiro atoms. The maximum atomic E-state index is 12.5. The van der Waals surface area contributed by atoms with Crippen molar-refractivity contribution < 1.29 is 27.5 Å². The van der Waals surface area contributed by atoms with Gasteiger partial charge in [-0.05, 0) is 35.9 Å². The van der Waals surface area contributed by atoms with Crippen molar-refractivity contribution >= 4 is 23.6 Å². The van der Waals surface area contributed by atoms with E-state index in [-0.39, 0.29) is 47.5 Å². The van der Waals surface area contributed by atoms with Crippen LogP contribution in [0.15, 0.2) is 29.2 Å². The summed E-state index contributed by atoms with van der Waals surface area (Å²) < 4.78 is 42.2. The normalized spacial score (nSPS) is 21.4. The van der Waals surface area contributed by atoms with Crippen LogP contribution < -0.4 is 16.0 Å². The topological polar surface area (TPSA) is 79.5 Å². The smallest absolute Gasteiger partial charge is 0.381 e. The minimum atomic E-state index is -4.34. The number of benzene rings is 1. The summed E-state index contributed by atoms with van der Waals surface area (Å²) in [5.41, 5.74) is -3.64. The van der Waals surface area contributed by atoms with E-state index in [9.17, 15) is 22.8 Å². The molecule has 2 amide bonds. The van der Waals surface area contributed by atoms with Crippen LogP contribution in [0.5, 0.6) is 0 Å². The molecule has 0 radical (unpaired) electrons. The van der Waals surface area contributed by atoms with Crippen LogP contribution in [0.1, 0.15) is 31.4 Å². The number of thioether (sulfide) groups is 1. The Balaban J connectivity index is 2.01. The fourth-order valence-corrected chi connectivity index (χ4v) is 3.34. The van der Waals surface area contributed by atoms with E-state index in [0.717, 1.165) is 0 Å². The number of carbonyl (C=O) groups excluding carboxylic acids is 2. The van der Waals surface area contributed by atoms with Crippen molar-refractivity contribution in [2.75, 3.05) is 13.7 Å². The number of amides is 2. The maximum absolute atomic E-state index is 12.5. The molecule has 1 aromatic carbocycles. The van der Waals surface area contributed by atoms with E-state index in [1.165, 1.54) is 19.2 Å². The summed E-state index contributed by atoms with van der Waals surface area (Å²) in [5.74, 6) is -0.593. The van der Waals surface area contributed by atoms with Crippen molar-refractivity contribution in [2.24, 2.45) is 0 Å². The van der Waals surface area contributed by atoms with Crippen LogP contribution >= 0.6 is 11.8 Å². The van der Waals surface area contributed by atoms with Crippen LogP contribution in [0.3, 0.4) is 0 Å². The van der Waals surface area contributed by atoms with Gasteiger partial charge in [0.25, 0.3) is 0 Å². The molecule has 0 aromatic heterocycles. The van der Waals surface area contributed by atoms with Crippen LogP contribution in [0, 0.1) is 0 Å². The Bertz CT molecular complexity index is 655. The molecule has 1 saturated heterocycles. The van der Waals surface area contributed by atoms with E-state index in [0.29, 0.717) is 12.0 Å². The molecule has 2 unspecified atom stereocenters. The predicted octanol–water partition coefficient (Wildman–Crippen LogP) is 2.32. The fraction of sp³-hybridized carbons (Fsp3) is 0.529. The van der Waals surface area contributed by atoms with Crippen LogP contribution in [0.25, 0.3) is 0 Å². The Morgan fingerprint density at radius 3 is 2.59 bits per heavy atom. The largest absolute Gasteiger partial charge is 0.446 e. The van der Waals surface area contributed by atoms with Gasteiger partial charge in [-0.2, -0.15) is 13.2 Å². The van der Waals surface area contributed by atoms with Crippen molar-refractivity contribution in [1.29, 1.82) is 0 Å². The van der Waals surface area contributed by atoms with Crippen LogP contribution in [-0.2, 0) is 14.3 Å². The molecule has 3 atom stereocenters. The highest BCUT2D eigenvalue weighted by Crippen LogP contribution is 2.37. The highest BCUT2D eigenvalue weighted by Gasteiger charge is 2.32. The molecule has 27 heavy (non-hydrogen) atoms. The summed E-state index contributed by atoms with van der Waals surface area (Å²) in [4.78, 5) is 24.4. The number of halogens is 3. The molecule has 6 nitrogen and oxygen atoms in total. The predicted molar refractivity (Wildman–Crippen MR) is 94.9 cm³/mol. The summed E-state index contributed by atoms with van der Waals surface area (Å²) in [5, 5.41) is 8.53. The standard InChI is InChI=1S/C17H22F3N3O3S/c1-3-12(10-4-6-11(7-5-10)27-17(18,19)20)22-16(25)13-8-15(24)23-14(21-13)9-26-2/h4-7,12-14,21H,3,8-9H2,1-2H3,(H,22,25)(H,23,24)/t12-,13?,14?/m1/s1. The van der Waals surface area contributed by atoms with E-state index >= 15 is 0 Å². The maximum Gasteiger partial charge on any atom is 0.446 e. The number of ether oxygens (including phenoxy) is 1. The van der Waals surface area contributed by atoms with Gasteiger partial charge < -0.3 is 15.4 Å². The molecule has 0 saturated carbocycles. The first kappa shape index (κ1) is 21.5. The van der Waals surface area contributed by atoms with Gasteiger partial charge in [-0.3, -0.25) is 14.9 Å². The van der Waals surface area contributed by atoms with Gasteiger partial charge in [-0.25, -0.2) is 0 Å². The van der Waals surface area contributed by atoms with E-state index < -0.39 is 17.7 Å². The number of methoxy groups -OCH3 is 1. The SMILES string of the molecule is CC[C@@H](NC(=O)C1CC(=O)NC(COC)N1)c1ccc(SC(F)(F)F)cc1. The molecule has 10 heteroatoms. The average molecular weight is 405 g/mol. The summed E-state index contributed by atoms with van der Waals surface area (Å²) in [6.07, 6.45) is 0.104. The van der Waals surface area contributed by atoms with E-state index in [2.05, 4.69) is 16.0 Å². The molecule has 0 aliphatic carbocycles. The quantitative estimate of drug-likeness (QED) is 0.607. The van der Waals surface area contributed by atoms with Gasteiger partial charge in [-0.1, -0.05) is 19.1 Å². The van der Waals surface area contributed by atoms with Gasteiger partial charge in [0.15, 0.2) is 0 Å². The van der Waals surface area contributed by atoms with Gasteiger partial charge in [0, 0.05) is 12.0 Å². The molecule has 1 aromatic rings. The number of nitrogens with one attached hydrogen (secondary N) is 3. The molecule has 1 aliphatic rings. The fourth-order valence-electron chi connectivity index (χ4n) is 2.80. The van der Waals surface area contributed by atoms with Gasteiger partial charge in [-0.15, -0.1) is 0 Å². The lowest BCUT2D eigenvalue weighted by molar-refractivity contribution is -0.132. The Morgan fingerprint density at radius 1 is 1.37 bits per heavy atom. The van der Waals surface area contributed by atoms with Crippen molar-refractivity contribution in [3.63, 3.8) is 0 Å². The van der Waals surface area contributed by atoms with Crippen molar-refractivity contribution in [3.8, 4) is 0 Å². The van der Waals surface area contributed by atoms with Crippen LogP contribution in [0.2, 0.25) is 0 Å². The van der Waals surface area contributed by atoms with Crippen LogP contribution in [-0.4, -0.2) is 43.2 Å². The molecule has 3 N–H and O–H groups in total. The first-order valence-electron chi connectivity index (χ1n) is 8.42. The molecule has 150 valence electrons. The number of alkyl halides is 3. The lowest BCUT2D eigenvalue weighted by atomic mass is 10.0. The summed E-state index contributed by atoms with van der Waals surface area (Å²) in [6.45, 7) is 2.09. The second kappa shape index (κ2) is 9.43. The first-order valence-corrected chi connectivity index (χ1v) is 9.24. The molecule has 0 bridgehead atoms. The monoisotopic (exact) mass is 405 g/mol.